The summed E-state index contributed by atoms with van der Waals surface area (Å²) in [5.74, 6) is 0. The smallest absolute Gasteiger partial charge is 0.129 e. The molecule has 2 aliphatic rings. The Kier molecular flexibility index (Phi) is 7.44. The van der Waals surface area contributed by atoms with Crippen molar-refractivity contribution < 1.29 is 0 Å². The maximum Gasteiger partial charge on any atom is 0.129 e. The molecule has 3 nitrogen and oxygen atoms in total. The third-order valence-electron chi connectivity index (χ3n) is 5.04. The zero-order valence-electron chi connectivity index (χ0n) is 16.6. The van der Waals surface area contributed by atoms with E-state index in [4.69, 9.17) is 10.5 Å². The van der Waals surface area contributed by atoms with Gasteiger partial charge in [-0.05, 0) is 60.6 Å². The van der Waals surface area contributed by atoms with Gasteiger partial charge in [0, 0.05) is 18.8 Å². The Morgan fingerprint density at radius 2 is 1.28 bits per heavy atom. The Labute approximate surface area is 173 Å². The van der Waals surface area contributed by atoms with Gasteiger partial charge in [0.2, 0.25) is 0 Å². The quantitative estimate of drug-likeness (QED) is 0.478. The van der Waals surface area contributed by atoms with Crippen LogP contribution in [0.3, 0.4) is 0 Å². The van der Waals surface area contributed by atoms with E-state index in [-0.39, 0.29) is 5.57 Å². The molecule has 0 unspecified atom stereocenters. The molecule has 0 amide bonds. The Bertz CT molecular complexity index is 941. The monoisotopic (exact) mass is 379 g/mol. The van der Waals surface area contributed by atoms with Crippen molar-refractivity contribution in [2.75, 3.05) is 18.0 Å². The number of nitrogens with zero attached hydrogens (tertiary/aromatic N) is 3. The Morgan fingerprint density at radius 3 is 1.83 bits per heavy atom. The van der Waals surface area contributed by atoms with Crippen LogP contribution in [0.4, 0.5) is 5.69 Å². The first-order valence-electron chi connectivity index (χ1n) is 10.1. The third kappa shape index (κ3) is 5.71. The Balaban J connectivity index is 1.52. The largest absolute Gasteiger partial charge is 0.371 e. The third-order valence-corrected chi connectivity index (χ3v) is 5.04. The van der Waals surface area contributed by atoms with E-state index in [2.05, 4.69) is 29.2 Å². The number of benzene rings is 1. The maximum absolute atomic E-state index is 8.61. The van der Waals surface area contributed by atoms with Gasteiger partial charge in [0.15, 0.2) is 0 Å². The van der Waals surface area contributed by atoms with Gasteiger partial charge in [-0.2, -0.15) is 10.5 Å². The highest BCUT2D eigenvalue weighted by atomic mass is 15.1. The predicted molar refractivity (Wildman–Crippen MR) is 120 cm³/mol. The number of rotatable bonds is 6. The minimum atomic E-state index is 0.0976. The normalized spacial score (nSPS) is 16.0. The summed E-state index contributed by atoms with van der Waals surface area (Å²) in [4.78, 5) is 2.57. The molecule has 0 saturated carbocycles. The Hall–Kier alpha value is -3.56. The topological polar surface area (TPSA) is 50.8 Å². The molecule has 0 aliphatic carbocycles. The first-order valence-corrected chi connectivity index (χ1v) is 10.1. The molecule has 0 radical (unpaired) electrons. The summed E-state index contributed by atoms with van der Waals surface area (Å²) in [7, 11) is 0. The lowest BCUT2D eigenvalue weighted by molar-refractivity contribution is 0.634. The van der Waals surface area contributed by atoms with Crippen LogP contribution in [-0.2, 0) is 12.8 Å². The van der Waals surface area contributed by atoms with E-state index in [1.54, 1.807) is 12.2 Å². The van der Waals surface area contributed by atoms with Gasteiger partial charge >= 0.3 is 0 Å². The van der Waals surface area contributed by atoms with E-state index in [9.17, 15) is 0 Å². The average molecular weight is 380 g/mol. The van der Waals surface area contributed by atoms with Crippen molar-refractivity contribution in [2.45, 2.75) is 25.7 Å². The second-order valence-electron chi connectivity index (χ2n) is 7.08. The lowest BCUT2D eigenvalue weighted by Gasteiger charge is -2.37. The average Bonchev–Trinajstić information content (AvgIpc) is 2.75. The minimum absolute atomic E-state index is 0.0976. The number of aryl methyl sites for hydroxylation is 2. The molecule has 29 heavy (non-hydrogen) atoms. The first kappa shape index (κ1) is 20.2. The highest BCUT2D eigenvalue weighted by molar-refractivity contribution is 5.68. The van der Waals surface area contributed by atoms with Crippen molar-refractivity contribution in [1.82, 2.24) is 0 Å². The number of hydrogen-bond donors (Lipinski definition) is 0. The fourth-order valence-corrected chi connectivity index (χ4v) is 3.79. The molecule has 0 saturated heterocycles. The van der Waals surface area contributed by atoms with E-state index >= 15 is 0 Å². The molecule has 0 atom stereocenters. The van der Waals surface area contributed by atoms with Crippen LogP contribution in [0.25, 0.3) is 6.08 Å². The number of hydrogen-bond acceptors (Lipinski definition) is 3. The summed E-state index contributed by atoms with van der Waals surface area (Å²) in [6.45, 7) is 2.43. The SMILES string of the molecule is N#CC(C#N)=C/C=C/C=C/C=C/C=C/C=C/c1cc2c3c(c1)CCCN3CCC2. The van der Waals surface area contributed by atoms with E-state index < -0.39 is 0 Å². The molecular weight excluding hydrogens is 354 g/mol. The molecular formula is C26H25N3. The maximum atomic E-state index is 8.61. The summed E-state index contributed by atoms with van der Waals surface area (Å²) >= 11 is 0. The summed E-state index contributed by atoms with van der Waals surface area (Å²) in [6, 6.07) is 8.33. The fraction of sp³-hybridized carbons (Fsp3) is 0.231. The zero-order chi connectivity index (χ0) is 20.3. The summed E-state index contributed by atoms with van der Waals surface area (Å²) in [5.41, 5.74) is 5.94. The molecule has 0 fully saturated rings. The molecule has 3 rings (SSSR count). The lowest BCUT2D eigenvalue weighted by atomic mass is 9.90. The van der Waals surface area contributed by atoms with E-state index in [1.165, 1.54) is 67.2 Å². The van der Waals surface area contributed by atoms with Crippen LogP contribution in [0.15, 0.2) is 78.5 Å². The zero-order valence-corrected chi connectivity index (χ0v) is 16.6. The van der Waals surface area contributed by atoms with Crippen molar-refractivity contribution in [1.29, 1.82) is 10.5 Å². The molecule has 0 spiro atoms. The van der Waals surface area contributed by atoms with Gasteiger partial charge < -0.3 is 4.90 Å². The van der Waals surface area contributed by atoms with Gasteiger partial charge in [0.25, 0.3) is 0 Å². The van der Waals surface area contributed by atoms with Crippen LogP contribution in [0.2, 0.25) is 0 Å². The van der Waals surface area contributed by atoms with Crippen LogP contribution in [0.5, 0.6) is 0 Å². The van der Waals surface area contributed by atoms with Crippen molar-refractivity contribution in [2.24, 2.45) is 0 Å². The second-order valence-corrected chi connectivity index (χ2v) is 7.08. The standard InChI is InChI=1S/C26H25N3/c27-20-23(21-28)13-9-7-5-3-1-2-4-6-8-12-22-18-24-14-10-16-29-17-11-15-25(19-22)26(24)29/h1-9,12-13,18-19H,10-11,14-17H2/b2-1+,5-3+,6-4+,9-7+,12-8+. The summed E-state index contributed by atoms with van der Waals surface area (Å²) in [5, 5.41) is 17.2. The van der Waals surface area contributed by atoms with Crippen LogP contribution >= 0.6 is 0 Å². The number of anilines is 1. The summed E-state index contributed by atoms with van der Waals surface area (Å²) in [6.07, 6.45) is 25.8. The van der Waals surface area contributed by atoms with Gasteiger partial charge in [-0.25, -0.2) is 0 Å². The van der Waals surface area contributed by atoms with Gasteiger partial charge in [-0.15, -0.1) is 0 Å². The van der Waals surface area contributed by atoms with Crippen LogP contribution in [0.1, 0.15) is 29.5 Å². The van der Waals surface area contributed by atoms with Gasteiger partial charge in [-0.3, -0.25) is 0 Å². The molecule has 1 aromatic carbocycles. The molecule has 2 aliphatic heterocycles. The minimum Gasteiger partial charge on any atom is -0.371 e. The molecule has 0 bridgehead atoms. The van der Waals surface area contributed by atoms with E-state index in [0.29, 0.717) is 0 Å². The van der Waals surface area contributed by atoms with Gasteiger partial charge in [-0.1, -0.05) is 60.8 Å². The predicted octanol–water partition coefficient (Wildman–Crippen LogP) is 5.60. The molecule has 3 heteroatoms. The second kappa shape index (κ2) is 10.7. The lowest BCUT2D eigenvalue weighted by Crippen LogP contribution is -2.34. The highest BCUT2D eigenvalue weighted by Gasteiger charge is 2.23. The molecule has 0 N–H and O–H groups in total. The van der Waals surface area contributed by atoms with Gasteiger partial charge in [0.1, 0.15) is 17.7 Å². The molecule has 144 valence electrons. The van der Waals surface area contributed by atoms with Crippen molar-refractivity contribution in [3.05, 3.63) is 95.2 Å². The summed E-state index contributed by atoms with van der Waals surface area (Å²) < 4.78 is 0. The van der Waals surface area contributed by atoms with Crippen LogP contribution < -0.4 is 4.90 Å². The molecule has 1 aromatic rings. The van der Waals surface area contributed by atoms with Crippen molar-refractivity contribution in [3.63, 3.8) is 0 Å². The van der Waals surface area contributed by atoms with Crippen LogP contribution in [-0.4, -0.2) is 13.1 Å². The first-order chi connectivity index (χ1) is 14.3. The highest BCUT2D eigenvalue weighted by Crippen LogP contribution is 2.36. The van der Waals surface area contributed by atoms with Crippen molar-refractivity contribution in [3.8, 4) is 12.1 Å². The Morgan fingerprint density at radius 1 is 0.759 bits per heavy atom. The fourth-order valence-electron chi connectivity index (χ4n) is 3.79. The molecule has 2 heterocycles. The number of nitriles is 2. The van der Waals surface area contributed by atoms with Crippen LogP contribution in [0, 0.1) is 22.7 Å². The van der Waals surface area contributed by atoms with Crippen molar-refractivity contribution >= 4 is 11.8 Å². The van der Waals surface area contributed by atoms with Gasteiger partial charge in [0.05, 0.1) is 0 Å². The molecule has 0 aromatic heterocycles. The van der Waals surface area contributed by atoms with E-state index in [1.807, 2.05) is 48.6 Å². The van der Waals surface area contributed by atoms with E-state index in [0.717, 1.165) is 0 Å². The number of allylic oxidation sites excluding steroid dienone is 11.